The van der Waals surface area contributed by atoms with E-state index in [1.807, 2.05) is 24.3 Å². The first-order valence-electron chi connectivity index (χ1n) is 31.7. The van der Waals surface area contributed by atoms with Crippen LogP contribution >= 0.6 is 0 Å². The normalized spacial score (nSPS) is 12.7. The highest BCUT2D eigenvalue weighted by Gasteiger charge is 2.19. The fraction of sp³-hybridized carbons (Fsp3) is 0.725. The van der Waals surface area contributed by atoms with Crippen molar-refractivity contribution >= 4 is 17.9 Å². The predicted octanol–water partition coefficient (Wildman–Crippen LogP) is 21.7. The lowest BCUT2D eigenvalue weighted by Crippen LogP contribution is -2.30. The van der Waals surface area contributed by atoms with E-state index < -0.39 is 12.1 Å². The van der Waals surface area contributed by atoms with Gasteiger partial charge in [-0.25, -0.2) is 0 Å². The van der Waals surface area contributed by atoms with Crippen molar-refractivity contribution in [2.45, 2.75) is 309 Å². The molecule has 0 bridgehead atoms. The molecule has 0 aliphatic rings. The molecular formula is C69H118O6. The van der Waals surface area contributed by atoms with Crippen LogP contribution in [0.1, 0.15) is 303 Å². The maximum Gasteiger partial charge on any atom is 0.306 e. The smallest absolute Gasteiger partial charge is 0.306 e. The van der Waals surface area contributed by atoms with Gasteiger partial charge < -0.3 is 14.2 Å². The molecule has 1 atom stereocenters. The van der Waals surface area contributed by atoms with E-state index in [2.05, 4.69) is 93.7 Å². The van der Waals surface area contributed by atoms with Gasteiger partial charge >= 0.3 is 17.9 Å². The number of ether oxygens (including phenoxy) is 3. The van der Waals surface area contributed by atoms with Crippen LogP contribution in [0.15, 0.2) is 97.2 Å². The third-order valence-electron chi connectivity index (χ3n) is 13.6. The van der Waals surface area contributed by atoms with Crippen molar-refractivity contribution in [1.82, 2.24) is 0 Å². The first-order chi connectivity index (χ1) is 37.0. The van der Waals surface area contributed by atoms with Crippen LogP contribution in [0.2, 0.25) is 0 Å². The zero-order valence-corrected chi connectivity index (χ0v) is 49.3. The predicted molar refractivity (Wildman–Crippen MR) is 325 cm³/mol. The average Bonchev–Trinajstić information content (AvgIpc) is 3.41. The van der Waals surface area contributed by atoms with Crippen molar-refractivity contribution < 1.29 is 28.6 Å². The summed E-state index contributed by atoms with van der Waals surface area (Å²) in [6.07, 6.45) is 84.9. The molecule has 0 N–H and O–H groups in total. The Morgan fingerprint density at radius 3 is 0.813 bits per heavy atom. The molecule has 0 fully saturated rings. The summed E-state index contributed by atoms with van der Waals surface area (Å²) in [5.41, 5.74) is 0. The Balaban J connectivity index is 4.18. The van der Waals surface area contributed by atoms with E-state index in [1.54, 1.807) is 0 Å². The Bertz CT molecular complexity index is 1480. The maximum atomic E-state index is 12.8. The van der Waals surface area contributed by atoms with Gasteiger partial charge in [0, 0.05) is 19.3 Å². The number of rotatable bonds is 57. The van der Waals surface area contributed by atoms with Crippen molar-refractivity contribution in [2.24, 2.45) is 0 Å². The highest BCUT2D eigenvalue weighted by molar-refractivity contribution is 5.71. The molecule has 0 saturated carbocycles. The molecule has 0 aromatic carbocycles. The summed E-state index contributed by atoms with van der Waals surface area (Å²) in [4.78, 5) is 38.1. The Morgan fingerprint density at radius 2 is 0.520 bits per heavy atom. The van der Waals surface area contributed by atoms with E-state index in [1.165, 1.54) is 180 Å². The summed E-state index contributed by atoms with van der Waals surface area (Å²) in [5, 5.41) is 0. The van der Waals surface area contributed by atoms with Crippen LogP contribution in [0.3, 0.4) is 0 Å². The standard InChI is InChI=1S/C69H118O6/c1-4-7-10-13-16-19-22-25-26-27-28-29-30-31-32-33-34-35-36-37-38-39-40-41-42-45-47-50-53-56-59-62-68(71)74-65-66(75-69(72)63-60-57-54-51-48-44-24-21-18-15-12-9-6-3)64-73-67(70)61-58-55-52-49-46-43-23-20-17-14-11-8-5-2/h8-9,11-12,17-18,20-21,43-44,46,48,52,54-55,57,66H,4-7,10,13-16,19,22-42,45,47,49-51,53,56,58-65H2,1-3H3/b11-8-,12-9-,20-17-,21-18-,46-43-,48-44-,55-52-,57-54-. The fourth-order valence-corrected chi connectivity index (χ4v) is 8.94. The number of hydrogen-bond donors (Lipinski definition) is 0. The SMILES string of the molecule is CC/C=C\C/C=C\C/C=C\C/C=C\CCC(=O)OCC(COC(=O)CCCCCCCCCCCCCCCCCCCCCCCCCCCCCCCCC)OC(=O)CC/C=C\C/C=C\C/C=C\C/C=C\CC. The zero-order valence-electron chi connectivity index (χ0n) is 49.3. The molecular weight excluding hydrogens is 925 g/mol. The van der Waals surface area contributed by atoms with Gasteiger partial charge in [-0.15, -0.1) is 0 Å². The number of hydrogen-bond acceptors (Lipinski definition) is 6. The van der Waals surface area contributed by atoms with Crippen molar-refractivity contribution in [1.29, 1.82) is 0 Å². The molecule has 0 aromatic heterocycles. The third kappa shape index (κ3) is 61.1. The molecule has 0 aromatic rings. The van der Waals surface area contributed by atoms with Gasteiger partial charge in [0.05, 0.1) is 0 Å². The molecule has 1 unspecified atom stereocenters. The summed E-state index contributed by atoms with van der Waals surface area (Å²) < 4.78 is 16.7. The summed E-state index contributed by atoms with van der Waals surface area (Å²) >= 11 is 0. The first-order valence-corrected chi connectivity index (χ1v) is 31.7. The molecule has 6 nitrogen and oxygen atoms in total. The topological polar surface area (TPSA) is 78.9 Å². The largest absolute Gasteiger partial charge is 0.462 e. The third-order valence-corrected chi connectivity index (χ3v) is 13.6. The molecule has 430 valence electrons. The monoisotopic (exact) mass is 1040 g/mol. The molecule has 0 spiro atoms. The lowest BCUT2D eigenvalue weighted by molar-refractivity contribution is -0.166. The molecule has 0 saturated heterocycles. The number of carbonyl (C=O) groups is 3. The summed E-state index contributed by atoms with van der Waals surface area (Å²) in [6.45, 7) is 6.30. The van der Waals surface area contributed by atoms with Gasteiger partial charge in [0.2, 0.25) is 0 Å². The molecule has 0 rings (SSSR count). The highest BCUT2D eigenvalue weighted by atomic mass is 16.6. The Hall–Kier alpha value is -3.67. The number of esters is 3. The van der Waals surface area contributed by atoms with E-state index in [4.69, 9.17) is 14.2 Å². The number of carbonyl (C=O) groups excluding carboxylic acids is 3. The second-order valence-electron chi connectivity index (χ2n) is 20.9. The van der Waals surface area contributed by atoms with E-state index in [-0.39, 0.29) is 38.0 Å². The molecule has 0 aliphatic carbocycles. The van der Waals surface area contributed by atoms with Crippen molar-refractivity contribution in [3.05, 3.63) is 97.2 Å². The van der Waals surface area contributed by atoms with Crippen LogP contribution in [-0.4, -0.2) is 37.2 Å². The maximum absolute atomic E-state index is 12.8. The van der Waals surface area contributed by atoms with Crippen molar-refractivity contribution in [3.8, 4) is 0 Å². The van der Waals surface area contributed by atoms with Crippen LogP contribution < -0.4 is 0 Å². The van der Waals surface area contributed by atoms with Gasteiger partial charge in [0.25, 0.3) is 0 Å². The van der Waals surface area contributed by atoms with Crippen molar-refractivity contribution in [3.63, 3.8) is 0 Å². The van der Waals surface area contributed by atoms with Gasteiger partial charge in [0.1, 0.15) is 13.2 Å². The van der Waals surface area contributed by atoms with Gasteiger partial charge in [-0.3, -0.25) is 14.4 Å². The second kappa shape index (κ2) is 62.9. The molecule has 0 heterocycles. The molecule has 75 heavy (non-hydrogen) atoms. The molecule has 0 radical (unpaired) electrons. The summed E-state index contributed by atoms with van der Waals surface area (Å²) in [5.74, 6) is -1.09. The van der Waals surface area contributed by atoms with Crippen LogP contribution in [0.4, 0.5) is 0 Å². The zero-order chi connectivity index (χ0) is 54.3. The summed E-state index contributed by atoms with van der Waals surface area (Å²) in [7, 11) is 0. The van der Waals surface area contributed by atoms with Crippen LogP contribution in [-0.2, 0) is 28.6 Å². The Morgan fingerprint density at radius 1 is 0.280 bits per heavy atom. The lowest BCUT2D eigenvalue weighted by Gasteiger charge is -2.18. The minimum absolute atomic E-state index is 0.127. The van der Waals surface area contributed by atoms with E-state index in [0.717, 1.165) is 70.6 Å². The average molecular weight is 1040 g/mol. The van der Waals surface area contributed by atoms with Crippen LogP contribution in [0, 0.1) is 0 Å². The minimum atomic E-state index is -0.844. The Kier molecular flexibility index (Phi) is 59.8. The quantitative estimate of drug-likeness (QED) is 0.0261. The van der Waals surface area contributed by atoms with Crippen LogP contribution in [0.5, 0.6) is 0 Å². The van der Waals surface area contributed by atoms with E-state index in [0.29, 0.717) is 19.3 Å². The van der Waals surface area contributed by atoms with Crippen molar-refractivity contribution in [2.75, 3.05) is 13.2 Å². The van der Waals surface area contributed by atoms with E-state index in [9.17, 15) is 14.4 Å². The van der Waals surface area contributed by atoms with Gasteiger partial charge in [0.15, 0.2) is 6.10 Å². The number of unbranched alkanes of at least 4 members (excludes halogenated alkanes) is 30. The minimum Gasteiger partial charge on any atom is -0.462 e. The molecule has 6 heteroatoms. The van der Waals surface area contributed by atoms with Gasteiger partial charge in [-0.2, -0.15) is 0 Å². The molecule has 0 aliphatic heterocycles. The summed E-state index contributed by atoms with van der Waals surface area (Å²) in [6, 6.07) is 0. The van der Waals surface area contributed by atoms with Gasteiger partial charge in [-0.1, -0.05) is 311 Å². The van der Waals surface area contributed by atoms with E-state index >= 15 is 0 Å². The highest BCUT2D eigenvalue weighted by Crippen LogP contribution is 2.17. The number of allylic oxidation sites excluding steroid dienone is 16. The molecule has 0 amide bonds. The lowest BCUT2D eigenvalue weighted by atomic mass is 10.0. The second-order valence-corrected chi connectivity index (χ2v) is 20.9. The first kappa shape index (κ1) is 71.3. The fourth-order valence-electron chi connectivity index (χ4n) is 8.94. The van der Waals surface area contributed by atoms with Crippen LogP contribution in [0.25, 0.3) is 0 Å². The van der Waals surface area contributed by atoms with Gasteiger partial charge in [-0.05, 0) is 70.6 Å². The Labute approximate surface area is 464 Å².